The van der Waals surface area contributed by atoms with Crippen LogP contribution in [0.4, 0.5) is 9.59 Å². The van der Waals surface area contributed by atoms with E-state index >= 15 is 0 Å². The smallest absolute Gasteiger partial charge is 0.410 e. The van der Waals surface area contributed by atoms with Crippen LogP contribution in [0.2, 0.25) is 0 Å². The fourth-order valence-corrected chi connectivity index (χ4v) is 8.48. The van der Waals surface area contributed by atoms with E-state index in [1.165, 1.54) is 11.0 Å². The maximum absolute atomic E-state index is 14.3. The van der Waals surface area contributed by atoms with Crippen molar-refractivity contribution in [2.75, 3.05) is 19.7 Å². The van der Waals surface area contributed by atoms with E-state index in [1.54, 1.807) is 25.7 Å². The zero-order valence-corrected chi connectivity index (χ0v) is 30.1. The molecule has 4 aliphatic heterocycles. The first-order valence-electron chi connectivity index (χ1n) is 17.6. The summed E-state index contributed by atoms with van der Waals surface area (Å²) in [5.74, 6) is -2.72. The van der Waals surface area contributed by atoms with Gasteiger partial charge in [0.25, 0.3) is 5.91 Å². The largest absolute Gasteiger partial charge is 0.450 e. The molecule has 2 aliphatic carbocycles. The summed E-state index contributed by atoms with van der Waals surface area (Å²) in [6.07, 6.45) is 6.05. The Morgan fingerprint density at radius 1 is 1.16 bits per heavy atom. The van der Waals surface area contributed by atoms with Crippen LogP contribution in [0.25, 0.3) is 6.08 Å². The van der Waals surface area contributed by atoms with E-state index in [-0.39, 0.29) is 26.0 Å². The maximum atomic E-state index is 14.3. The average Bonchev–Trinajstić information content (AvgIpc) is 4.00. The lowest BCUT2D eigenvalue weighted by atomic mass is 9.85. The number of allylic oxidation sites excluding steroid dienone is 1. The van der Waals surface area contributed by atoms with Crippen molar-refractivity contribution in [3.8, 4) is 0 Å². The van der Waals surface area contributed by atoms with E-state index in [9.17, 15) is 32.4 Å². The number of fused-ring (bicyclic) bond motifs is 10. The summed E-state index contributed by atoms with van der Waals surface area (Å²) in [6.45, 7) is 9.78. The van der Waals surface area contributed by atoms with Crippen LogP contribution in [0.15, 0.2) is 36.9 Å². The van der Waals surface area contributed by atoms with Gasteiger partial charge in [-0.05, 0) is 60.6 Å². The molecule has 6 bridgehead atoms. The van der Waals surface area contributed by atoms with Gasteiger partial charge in [0.1, 0.15) is 23.7 Å². The summed E-state index contributed by atoms with van der Waals surface area (Å²) in [5.41, 5.74) is 0.801. The summed E-state index contributed by atoms with van der Waals surface area (Å²) >= 11 is 0. The van der Waals surface area contributed by atoms with Crippen molar-refractivity contribution in [2.45, 2.75) is 101 Å². The van der Waals surface area contributed by atoms with Crippen LogP contribution in [0.5, 0.6) is 0 Å². The zero-order valence-electron chi connectivity index (χ0n) is 29.3. The zero-order chi connectivity index (χ0) is 36.7. The van der Waals surface area contributed by atoms with E-state index in [0.717, 1.165) is 16.7 Å². The third kappa shape index (κ3) is 7.77. The third-order valence-electron chi connectivity index (χ3n) is 10.3. The lowest BCUT2D eigenvalue weighted by molar-refractivity contribution is -0.142. The van der Waals surface area contributed by atoms with Crippen LogP contribution in [-0.4, -0.2) is 96.8 Å². The monoisotopic (exact) mass is 725 g/mol. The molecule has 2 saturated carbocycles. The topological polar surface area (TPSA) is 181 Å². The lowest BCUT2D eigenvalue weighted by Crippen LogP contribution is -2.60. The maximum Gasteiger partial charge on any atom is 0.410 e. The van der Waals surface area contributed by atoms with E-state index in [2.05, 4.69) is 21.9 Å². The van der Waals surface area contributed by atoms with Crippen molar-refractivity contribution in [1.82, 2.24) is 25.2 Å². The number of rotatable bonds is 6. The highest BCUT2D eigenvalue weighted by molar-refractivity contribution is 7.91. The lowest BCUT2D eigenvalue weighted by Gasteiger charge is -2.35. The molecule has 276 valence electrons. The number of carbonyl (C=O) groups is 5. The van der Waals surface area contributed by atoms with Gasteiger partial charge in [-0.2, -0.15) is 0 Å². The predicted molar refractivity (Wildman–Crippen MR) is 186 cm³/mol. The van der Waals surface area contributed by atoms with Crippen LogP contribution >= 0.6 is 0 Å². The standard InChI is InChI=1S/C36H47N5O9S/c1-5-24-19-36(24,32(44)39-51(47,48)26-13-14-26)38-30(42)28-18-25-21-41(28)31(43)29(35(2,3)4)37-33(45)49-17-8-6-7-10-22-11-9-12-23-20-40(34(46)50-25)16-15-27(22)23/h5,7,9-12,24-26,28-29H,1,6,8,13-21H2,2-4H3,(H,37,45)(H,38,42)(H,39,44)/b10-7+/t24-,25+,28-,29+,36+/m0/s1. The molecule has 4 heterocycles. The van der Waals surface area contributed by atoms with Gasteiger partial charge in [0.15, 0.2) is 0 Å². The highest BCUT2D eigenvalue weighted by Gasteiger charge is 2.62. The summed E-state index contributed by atoms with van der Waals surface area (Å²) in [6, 6.07) is 3.60. The second kappa shape index (κ2) is 14.0. The highest BCUT2D eigenvalue weighted by Crippen LogP contribution is 2.45. The van der Waals surface area contributed by atoms with Crippen LogP contribution in [-0.2, 0) is 46.8 Å². The van der Waals surface area contributed by atoms with Crippen molar-refractivity contribution in [1.29, 1.82) is 0 Å². The second-order valence-corrected chi connectivity index (χ2v) is 17.2. The molecular weight excluding hydrogens is 678 g/mol. The molecule has 0 aromatic heterocycles. The van der Waals surface area contributed by atoms with Gasteiger partial charge >= 0.3 is 12.2 Å². The van der Waals surface area contributed by atoms with Crippen molar-refractivity contribution < 1.29 is 41.9 Å². The fraction of sp³-hybridized carbons (Fsp3) is 0.583. The van der Waals surface area contributed by atoms with Crippen molar-refractivity contribution in [3.05, 3.63) is 53.6 Å². The number of ether oxygens (including phenoxy) is 2. The molecule has 7 rings (SSSR count). The van der Waals surface area contributed by atoms with E-state index < -0.39 is 80.2 Å². The fourth-order valence-electron chi connectivity index (χ4n) is 7.11. The molecule has 6 aliphatic rings. The first-order valence-corrected chi connectivity index (χ1v) is 19.1. The minimum absolute atomic E-state index is 0.0825. The van der Waals surface area contributed by atoms with Gasteiger partial charge in [0.2, 0.25) is 21.8 Å². The minimum atomic E-state index is -3.91. The molecule has 1 aromatic rings. The van der Waals surface area contributed by atoms with Crippen LogP contribution < -0.4 is 15.4 Å². The Hall–Kier alpha value is -4.40. The van der Waals surface area contributed by atoms with Crippen LogP contribution in [0.1, 0.15) is 76.0 Å². The van der Waals surface area contributed by atoms with Crippen molar-refractivity contribution >= 4 is 46.0 Å². The van der Waals surface area contributed by atoms with Gasteiger partial charge in [-0.25, -0.2) is 18.0 Å². The molecule has 1 saturated heterocycles. The summed E-state index contributed by atoms with van der Waals surface area (Å²) in [7, 11) is -3.91. The number of alkyl carbamates (subject to hydrolysis) is 1. The molecule has 0 radical (unpaired) electrons. The van der Waals surface area contributed by atoms with Crippen LogP contribution in [0, 0.1) is 11.3 Å². The number of sulfonamides is 1. The minimum Gasteiger partial charge on any atom is -0.450 e. The molecule has 51 heavy (non-hydrogen) atoms. The van der Waals surface area contributed by atoms with Crippen molar-refractivity contribution in [3.63, 3.8) is 0 Å². The summed E-state index contributed by atoms with van der Waals surface area (Å²) in [5, 5.41) is 4.77. The number of nitrogens with one attached hydrogen (secondary N) is 3. The number of carbonyl (C=O) groups excluding carboxylic acids is 5. The number of nitrogens with zero attached hydrogens (tertiary/aromatic N) is 2. The summed E-state index contributed by atoms with van der Waals surface area (Å²) < 4.78 is 38.8. The molecule has 0 spiro atoms. The molecule has 15 heteroatoms. The Morgan fingerprint density at radius 2 is 1.92 bits per heavy atom. The predicted octanol–water partition coefficient (Wildman–Crippen LogP) is 2.77. The van der Waals surface area contributed by atoms with E-state index in [1.807, 2.05) is 30.4 Å². The Kier molecular flexibility index (Phi) is 9.96. The Labute approximate surface area is 298 Å². The molecule has 5 amide bonds. The number of hydrogen-bond acceptors (Lipinski definition) is 9. The van der Waals surface area contributed by atoms with E-state index in [0.29, 0.717) is 45.2 Å². The normalized spacial score (nSPS) is 29.3. The molecule has 5 atom stereocenters. The average molecular weight is 726 g/mol. The molecular formula is C36H47N5O9S. The first-order chi connectivity index (χ1) is 24.1. The van der Waals surface area contributed by atoms with E-state index in [4.69, 9.17) is 9.47 Å². The highest BCUT2D eigenvalue weighted by atomic mass is 32.2. The second-order valence-electron chi connectivity index (χ2n) is 15.2. The van der Waals surface area contributed by atoms with Gasteiger partial charge in [0.05, 0.1) is 18.4 Å². The van der Waals surface area contributed by atoms with Gasteiger partial charge < -0.3 is 29.9 Å². The van der Waals surface area contributed by atoms with Gasteiger partial charge in [-0.1, -0.05) is 57.2 Å². The molecule has 0 unspecified atom stereocenters. The number of benzene rings is 1. The number of hydrogen-bond donors (Lipinski definition) is 3. The summed E-state index contributed by atoms with van der Waals surface area (Å²) in [4.78, 5) is 71.3. The van der Waals surface area contributed by atoms with Gasteiger partial charge in [-0.3, -0.25) is 19.1 Å². The Morgan fingerprint density at radius 3 is 2.61 bits per heavy atom. The molecule has 3 N–H and O–H groups in total. The molecule has 1 aromatic carbocycles. The SMILES string of the molecule is C=C[C@H]1C[C@]1(NC(=O)[C@@H]1C[C@@H]2CN1C(=O)[C@H](C(C)(C)C)NC(=O)OCCC/C=C/c1cccc3c1CCN(C3)C(=O)O2)C(=O)NS(=O)(=O)C1CC1. The first kappa shape index (κ1) is 36.4. The van der Waals surface area contributed by atoms with Gasteiger partial charge in [0, 0.05) is 25.4 Å². The third-order valence-corrected chi connectivity index (χ3v) is 12.2. The number of amides is 5. The Balaban J connectivity index is 1.27. The quantitative estimate of drug-likeness (QED) is 0.372. The van der Waals surface area contributed by atoms with Crippen LogP contribution in [0.3, 0.4) is 0 Å². The molecule has 3 fully saturated rings. The van der Waals surface area contributed by atoms with Crippen molar-refractivity contribution in [2.24, 2.45) is 11.3 Å². The van der Waals surface area contributed by atoms with Gasteiger partial charge in [-0.15, -0.1) is 6.58 Å². The Bertz CT molecular complexity index is 1750. The molecule has 14 nitrogen and oxygen atoms in total.